The lowest BCUT2D eigenvalue weighted by Gasteiger charge is -2.38. The molecular weight excluding hydrogens is 396 g/mol. The number of hydrogen-bond acceptors (Lipinski definition) is 4. The number of thioether (sulfide) groups is 1. The molecule has 1 unspecified atom stereocenters. The Morgan fingerprint density at radius 3 is 2.31 bits per heavy atom. The van der Waals surface area contributed by atoms with E-state index >= 15 is 0 Å². The van der Waals surface area contributed by atoms with Crippen LogP contribution in [-0.2, 0) is 10.8 Å². The topological polar surface area (TPSA) is 23.6 Å². The molecule has 0 spiro atoms. The summed E-state index contributed by atoms with van der Waals surface area (Å²) < 4.78 is 11.6. The van der Waals surface area contributed by atoms with E-state index < -0.39 is 10.8 Å². The Labute approximate surface area is 181 Å². The van der Waals surface area contributed by atoms with Gasteiger partial charge in [0.15, 0.2) is 0 Å². The zero-order valence-electron chi connectivity index (χ0n) is 17.8. The molecule has 5 heteroatoms. The highest BCUT2D eigenvalue weighted by atomic mass is 32.2. The molecule has 0 bridgehead atoms. The van der Waals surface area contributed by atoms with Crippen LogP contribution in [0, 0.1) is 6.92 Å². The lowest BCUT2D eigenvalue weighted by Crippen LogP contribution is -2.45. The van der Waals surface area contributed by atoms with Crippen molar-refractivity contribution in [2.75, 3.05) is 37.3 Å². The second-order valence-electron chi connectivity index (χ2n) is 7.61. The van der Waals surface area contributed by atoms with Crippen LogP contribution < -0.4 is 4.90 Å². The van der Waals surface area contributed by atoms with Crippen molar-refractivity contribution in [2.24, 2.45) is 0 Å². The van der Waals surface area contributed by atoms with Gasteiger partial charge in [-0.15, -0.1) is 17.5 Å². The van der Waals surface area contributed by atoms with Crippen molar-refractivity contribution in [3.8, 4) is 0 Å². The molecule has 1 saturated heterocycles. The van der Waals surface area contributed by atoms with E-state index in [9.17, 15) is 4.21 Å². The second kappa shape index (κ2) is 9.71. The van der Waals surface area contributed by atoms with Crippen LogP contribution in [0.5, 0.6) is 0 Å². The number of nitrogens with zero attached hydrogens (tertiary/aromatic N) is 2. The first-order valence-electron chi connectivity index (χ1n) is 10.00. The first kappa shape index (κ1) is 21.8. The maximum absolute atomic E-state index is 11.6. The number of rotatable bonds is 6. The third-order valence-electron chi connectivity index (χ3n) is 5.05. The molecule has 0 aromatic heterocycles. The highest BCUT2D eigenvalue weighted by Crippen LogP contribution is 2.33. The summed E-state index contributed by atoms with van der Waals surface area (Å²) in [5, 5.41) is 0.528. The minimum atomic E-state index is -0.933. The molecule has 3 rings (SSSR count). The summed E-state index contributed by atoms with van der Waals surface area (Å²) in [6, 6.07) is 14.8. The average Bonchev–Trinajstić information content (AvgIpc) is 2.71. The number of benzene rings is 2. The Morgan fingerprint density at radius 2 is 1.76 bits per heavy atom. The number of piperazine rings is 1. The molecule has 2 aromatic carbocycles. The predicted octanol–water partition coefficient (Wildman–Crippen LogP) is 5.18. The molecule has 0 saturated carbocycles. The van der Waals surface area contributed by atoms with Gasteiger partial charge in [0.2, 0.25) is 0 Å². The Kier molecular flexibility index (Phi) is 7.28. The minimum absolute atomic E-state index is 0.528. The van der Waals surface area contributed by atoms with E-state index in [-0.39, 0.29) is 0 Å². The molecule has 154 valence electrons. The molecule has 0 amide bonds. The van der Waals surface area contributed by atoms with Crippen LogP contribution in [0.2, 0.25) is 0 Å². The van der Waals surface area contributed by atoms with Crippen LogP contribution in [0.1, 0.15) is 25.0 Å². The third kappa shape index (κ3) is 5.36. The fourth-order valence-corrected chi connectivity index (χ4v) is 5.06. The van der Waals surface area contributed by atoms with Gasteiger partial charge in [-0.25, -0.2) is 0 Å². The van der Waals surface area contributed by atoms with Gasteiger partial charge < -0.3 is 9.80 Å². The van der Waals surface area contributed by atoms with E-state index in [0.717, 1.165) is 36.8 Å². The zero-order valence-corrected chi connectivity index (χ0v) is 19.4. The van der Waals surface area contributed by atoms with Crippen molar-refractivity contribution in [3.05, 3.63) is 65.9 Å². The van der Waals surface area contributed by atoms with Crippen molar-refractivity contribution >= 4 is 33.9 Å². The molecule has 29 heavy (non-hydrogen) atoms. The SMILES string of the molecule is C=C=C(c1cc(C)ccc1SC(C)C)N1CCN(c2ccc(S(C)=O)cc2)CC1. The predicted molar refractivity (Wildman–Crippen MR) is 127 cm³/mol. The lowest BCUT2D eigenvalue weighted by molar-refractivity contribution is 0.367. The quantitative estimate of drug-likeness (QED) is 0.469. The molecule has 0 N–H and O–H groups in total. The van der Waals surface area contributed by atoms with Crippen molar-refractivity contribution in [3.63, 3.8) is 0 Å². The molecular formula is C24H30N2OS2. The molecule has 1 fully saturated rings. The Hall–Kier alpha value is -1.94. The smallest absolute Gasteiger partial charge is 0.0880 e. The van der Waals surface area contributed by atoms with Crippen LogP contribution in [0.3, 0.4) is 0 Å². The monoisotopic (exact) mass is 426 g/mol. The number of anilines is 1. The van der Waals surface area contributed by atoms with E-state index in [4.69, 9.17) is 0 Å². The molecule has 0 radical (unpaired) electrons. The van der Waals surface area contributed by atoms with Crippen molar-refractivity contribution in [1.82, 2.24) is 4.90 Å². The fraction of sp³-hybridized carbons (Fsp3) is 0.375. The van der Waals surface area contributed by atoms with E-state index in [1.54, 1.807) is 6.26 Å². The van der Waals surface area contributed by atoms with Gasteiger partial charge in [0.1, 0.15) is 0 Å². The molecule has 2 aromatic rings. The number of aryl methyl sites for hydroxylation is 1. The molecule has 1 heterocycles. The van der Waals surface area contributed by atoms with Gasteiger partial charge in [-0.3, -0.25) is 4.21 Å². The van der Waals surface area contributed by atoms with Gasteiger partial charge in [0.05, 0.1) is 5.70 Å². The third-order valence-corrected chi connectivity index (χ3v) is 7.07. The van der Waals surface area contributed by atoms with Crippen LogP contribution in [0.15, 0.2) is 64.6 Å². The zero-order chi connectivity index (χ0) is 21.0. The summed E-state index contributed by atoms with van der Waals surface area (Å²) in [5.41, 5.74) is 8.02. The summed E-state index contributed by atoms with van der Waals surface area (Å²) in [5.74, 6) is 0. The minimum Gasteiger partial charge on any atom is -0.368 e. The largest absolute Gasteiger partial charge is 0.368 e. The molecule has 1 atom stereocenters. The van der Waals surface area contributed by atoms with E-state index in [2.05, 4.69) is 73.2 Å². The maximum Gasteiger partial charge on any atom is 0.0880 e. The van der Waals surface area contributed by atoms with Crippen LogP contribution >= 0.6 is 11.8 Å². The molecule has 1 aliphatic rings. The normalized spacial score (nSPS) is 15.3. The first-order valence-corrected chi connectivity index (χ1v) is 12.4. The lowest BCUT2D eigenvalue weighted by atomic mass is 10.1. The Bertz CT molecular complexity index is 922. The van der Waals surface area contributed by atoms with Crippen LogP contribution in [0.4, 0.5) is 5.69 Å². The van der Waals surface area contributed by atoms with Crippen molar-refractivity contribution < 1.29 is 4.21 Å². The van der Waals surface area contributed by atoms with Gasteiger partial charge in [0.25, 0.3) is 0 Å². The Morgan fingerprint density at radius 1 is 1.10 bits per heavy atom. The average molecular weight is 427 g/mol. The molecule has 3 nitrogen and oxygen atoms in total. The van der Waals surface area contributed by atoms with E-state index in [0.29, 0.717) is 5.25 Å². The summed E-state index contributed by atoms with van der Waals surface area (Å²) in [6.45, 7) is 14.3. The Balaban J connectivity index is 1.75. The van der Waals surface area contributed by atoms with Gasteiger partial charge in [-0.05, 0) is 43.3 Å². The highest BCUT2D eigenvalue weighted by molar-refractivity contribution is 8.00. The maximum atomic E-state index is 11.6. The van der Waals surface area contributed by atoms with Crippen molar-refractivity contribution in [2.45, 2.75) is 35.8 Å². The number of hydrogen-bond donors (Lipinski definition) is 0. The summed E-state index contributed by atoms with van der Waals surface area (Å²) in [4.78, 5) is 6.96. The molecule has 1 aliphatic heterocycles. The van der Waals surface area contributed by atoms with Gasteiger partial charge in [0, 0.05) is 69.5 Å². The van der Waals surface area contributed by atoms with Gasteiger partial charge >= 0.3 is 0 Å². The highest BCUT2D eigenvalue weighted by Gasteiger charge is 2.22. The summed E-state index contributed by atoms with van der Waals surface area (Å²) in [7, 11) is -0.933. The molecule has 0 aliphatic carbocycles. The van der Waals surface area contributed by atoms with Crippen LogP contribution in [-0.4, -0.2) is 46.8 Å². The standard InChI is InChI=1S/C24H30N2OS2/c1-6-23(22-17-19(4)7-12-24(22)28-18(2)3)26-15-13-25(14-16-26)20-8-10-21(11-9-20)29(5)27/h7-12,17-18H,1,13-16H2,2-5H3. The van der Waals surface area contributed by atoms with E-state index in [1.165, 1.54) is 21.7 Å². The van der Waals surface area contributed by atoms with Gasteiger partial charge in [-0.2, -0.15) is 0 Å². The second-order valence-corrected chi connectivity index (χ2v) is 10.6. The van der Waals surface area contributed by atoms with Crippen LogP contribution in [0.25, 0.3) is 5.70 Å². The van der Waals surface area contributed by atoms with E-state index in [1.807, 2.05) is 23.9 Å². The van der Waals surface area contributed by atoms with Crippen molar-refractivity contribution in [1.29, 1.82) is 0 Å². The van der Waals surface area contributed by atoms with Gasteiger partial charge in [-0.1, -0.05) is 32.1 Å². The summed E-state index contributed by atoms with van der Waals surface area (Å²) in [6.07, 6.45) is 1.72. The first-order chi connectivity index (χ1) is 13.9. The fourth-order valence-electron chi connectivity index (χ4n) is 3.60. The summed E-state index contributed by atoms with van der Waals surface area (Å²) >= 11 is 1.89.